The van der Waals surface area contributed by atoms with Crippen molar-refractivity contribution in [3.8, 4) is 0 Å². The summed E-state index contributed by atoms with van der Waals surface area (Å²) in [5.74, 6) is -0.371. The van der Waals surface area contributed by atoms with Crippen LogP contribution < -0.4 is 0 Å². The molecule has 0 spiro atoms. The van der Waals surface area contributed by atoms with Gasteiger partial charge in [0.15, 0.2) is 0 Å². The van der Waals surface area contributed by atoms with Crippen molar-refractivity contribution < 1.29 is 9.90 Å². The van der Waals surface area contributed by atoms with Crippen molar-refractivity contribution in [2.24, 2.45) is 11.8 Å². The molecule has 0 radical (unpaired) electrons. The fraction of sp³-hybridized carbons (Fsp3) is 0.643. The minimum absolute atomic E-state index is 0.166. The van der Waals surface area contributed by atoms with Crippen LogP contribution in [-0.4, -0.2) is 11.1 Å². The SMILES string of the molecule is CCc1ccc(CC(C(=O)O)C2CCCC2)s1. The number of carboxylic acid groups (broad SMARTS) is 1. The van der Waals surface area contributed by atoms with Gasteiger partial charge in [0.25, 0.3) is 0 Å². The van der Waals surface area contributed by atoms with Gasteiger partial charge in [-0.2, -0.15) is 0 Å². The molecule has 0 amide bonds. The zero-order valence-electron chi connectivity index (χ0n) is 10.3. The largest absolute Gasteiger partial charge is 0.481 e. The molecule has 17 heavy (non-hydrogen) atoms. The lowest BCUT2D eigenvalue weighted by molar-refractivity contribution is -0.143. The highest BCUT2D eigenvalue weighted by Crippen LogP contribution is 2.34. The van der Waals surface area contributed by atoms with E-state index >= 15 is 0 Å². The maximum atomic E-state index is 11.4. The summed E-state index contributed by atoms with van der Waals surface area (Å²) < 4.78 is 0. The molecule has 1 atom stereocenters. The molecule has 1 aliphatic rings. The first kappa shape index (κ1) is 12.6. The van der Waals surface area contributed by atoms with Crippen molar-refractivity contribution in [3.05, 3.63) is 21.9 Å². The molecule has 1 aromatic rings. The first-order valence-electron chi connectivity index (χ1n) is 6.51. The lowest BCUT2D eigenvalue weighted by atomic mass is 9.88. The van der Waals surface area contributed by atoms with Gasteiger partial charge in [0.1, 0.15) is 0 Å². The summed E-state index contributed by atoms with van der Waals surface area (Å²) in [6, 6.07) is 4.24. The summed E-state index contributed by atoms with van der Waals surface area (Å²) in [5.41, 5.74) is 0. The summed E-state index contributed by atoms with van der Waals surface area (Å²) in [7, 11) is 0. The second-order valence-corrected chi connectivity index (χ2v) is 6.17. The third-order valence-corrected chi connectivity index (χ3v) is 5.02. The Bertz CT molecular complexity index is 377. The van der Waals surface area contributed by atoms with E-state index in [0.29, 0.717) is 5.92 Å². The van der Waals surface area contributed by atoms with Crippen molar-refractivity contribution in [3.63, 3.8) is 0 Å². The maximum Gasteiger partial charge on any atom is 0.307 e. The van der Waals surface area contributed by atoms with Crippen molar-refractivity contribution >= 4 is 17.3 Å². The number of hydrogen-bond acceptors (Lipinski definition) is 2. The molecule has 1 heterocycles. The zero-order valence-corrected chi connectivity index (χ0v) is 11.1. The van der Waals surface area contributed by atoms with Crippen molar-refractivity contribution in [1.82, 2.24) is 0 Å². The van der Waals surface area contributed by atoms with Gasteiger partial charge in [0, 0.05) is 9.75 Å². The van der Waals surface area contributed by atoms with Gasteiger partial charge in [0.05, 0.1) is 5.92 Å². The lowest BCUT2D eigenvalue weighted by Gasteiger charge is -2.18. The summed E-state index contributed by atoms with van der Waals surface area (Å²) >= 11 is 1.77. The van der Waals surface area contributed by atoms with E-state index in [1.54, 1.807) is 11.3 Å². The molecule has 2 nitrogen and oxygen atoms in total. The number of carboxylic acids is 1. The fourth-order valence-electron chi connectivity index (χ4n) is 2.75. The Labute approximate surface area is 107 Å². The van der Waals surface area contributed by atoms with Gasteiger partial charge in [-0.25, -0.2) is 0 Å². The van der Waals surface area contributed by atoms with E-state index in [0.717, 1.165) is 25.7 Å². The van der Waals surface area contributed by atoms with Crippen LogP contribution in [0.25, 0.3) is 0 Å². The Balaban J connectivity index is 2.04. The zero-order chi connectivity index (χ0) is 12.3. The highest BCUT2D eigenvalue weighted by Gasteiger charge is 2.30. The summed E-state index contributed by atoms with van der Waals surface area (Å²) in [6.45, 7) is 2.14. The first-order valence-corrected chi connectivity index (χ1v) is 7.32. The molecular formula is C14H20O2S. The topological polar surface area (TPSA) is 37.3 Å². The van der Waals surface area contributed by atoms with Gasteiger partial charge < -0.3 is 5.11 Å². The van der Waals surface area contributed by atoms with Gasteiger partial charge in [-0.3, -0.25) is 4.79 Å². The molecule has 1 N–H and O–H groups in total. The van der Waals surface area contributed by atoms with Crippen LogP contribution in [0, 0.1) is 11.8 Å². The highest BCUT2D eigenvalue weighted by atomic mass is 32.1. The van der Waals surface area contributed by atoms with Crippen LogP contribution in [0.5, 0.6) is 0 Å². The summed E-state index contributed by atoms with van der Waals surface area (Å²) in [5, 5.41) is 9.36. The van der Waals surface area contributed by atoms with Gasteiger partial charge in [-0.1, -0.05) is 19.8 Å². The average molecular weight is 252 g/mol. The van der Waals surface area contributed by atoms with Crippen LogP contribution in [0.1, 0.15) is 42.4 Å². The van der Waals surface area contributed by atoms with Gasteiger partial charge in [-0.15, -0.1) is 11.3 Å². The molecule has 1 fully saturated rings. The molecule has 94 valence electrons. The number of hydrogen-bond donors (Lipinski definition) is 1. The Hall–Kier alpha value is -0.830. The van der Waals surface area contributed by atoms with Crippen LogP contribution in [0.3, 0.4) is 0 Å². The summed E-state index contributed by atoms with van der Waals surface area (Å²) in [4.78, 5) is 14.0. The van der Waals surface area contributed by atoms with E-state index in [-0.39, 0.29) is 5.92 Å². The van der Waals surface area contributed by atoms with E-state index < -0.39 is 5.97 Å². The standard InChI is InChI=1S/C14H20O2S/c1-2-11-7-8-12(17-11)9-13(14(15)16)10-5-3-4-6-10/h7-8,10,13H,2-6,9H2,1H3,(H,15,16). The molecule has 0 bridgehead atoms. The van der Waals surface area contributed by atoms with Gasteiger partial charge >= 0.3 is 5.97 Å². The van der Waals surface area contributed by atoms with Crippen LogP contribution in [-0.2, 0) is 17.6 Å². The van der Waals surface area contributed by atoms with Crippen molar-refractivity contribution in [2.45, 2.75) is 45.4 Å². The molecule has 0 saturated heterocycles. The molecule has 3 heteroatoms. The smallest absolute Gasteiger partial charge is 0.307 e. The number of aryl methyl sites for hydroxylation is 1. The normalized spacial score (nSPS) is 18.4. The molecule has 1 aliphatic carbocycles. The van der Waals surface area contributed by atoms with E-state index in [1.165, 1.54) is 22.6 Å². The first-order chi connectivity index (χ1) is 8.20. The average Bonchev–Trinajstić information content (AvgIpc) is 2.96. The van der Waals surface area contributed by atoms with Gasteiger partial charge in [-0.05, 0) is 43.7 Å². The Morgan fingerprint density at radius 2 is 2.06 bits per heavy atom. The maximum absolute atomic E-state index is 11.4. The molecule has 0 aliphatic heterocycles. The minimum Gasteiger partial charge on any atom is -0.481 e. The number of rotatable bonds is 5. The highest BCUT2D eigenvalue weighted by molar-refractivity contribution is 7.11. The fourth-order valence-corrected chi connectivity index (χ4v) is 3.77. The molecule has 2 rings (SSSR count). The molecule has 1 aromatic heterocycles. The Morgan fingerprint density at radius 1 is 1.41 bits per heavy atom. The van der Waals surface area contributed by atoms with Gasteiger partial charge in [0.2, 0.25) is 0 Å². The van der Waals surface area contributed by atoms with Crippen molar-refractivity contribution in [1.29, 1.82) is 0 Å². The second kappa shape index (κ2) is 5.67. The minimum atomic E-state index is -0.608. The number of thiophene rings is 1. The molecule has 1 unspecified atom stereocenters. The van der Waals surface area contributed by atoms with E-state index in [9.17, 15) is 9.90 Å². The predicted octanol–water partition coefficient (Wildman–Crippen LogP) is 3.74. The summed E-state index contributed by atoms with van der Waals surface area (Å²) in [6.07, 6.45) is 6.39. The van der Waals surface area contributed by atoms with E-state index in [4.69, 9.17) is 0 Å². The molecule has 1 saturated carbocycles. The quantitative estimate of drug-likeness (QED) is 0.866. The van der Waals surface area contributed by atoms with E-state index in [2.05, 4.69) is 19.1 Å². The second-order valence-electron chi connectivity index (χ2n) is 4.91. The monoisotopic (exact) mass is 252 g/mol. The van der Waals surface area contributed by atoms with E-state index in [1.807, 2.05) is 0 Å². The third kappa shape index (κ3) is 3.09. The van der Waals surface area contributed by atoms with Crippen LogP contribution in [0.2, 0.25) is 0 Å². The predicted molar refractivity (Wildman–Crippen MR) is 70.5 cm³/mol. The van der Waals surface area contributed by atoms with Crippen LogP contribution in [0.15, 0.2) is 12.1 Å². The third-order valence-electron chi connectivity index (χ3n) is 3.77. The number of aliphatic carboxylic acids is 1. The van der Waals surface area contributed by atoms with Crippen molar-refractivity contribution in [2.75, 3.05) is 0 Å². The molecular weight excluding hydrogens is 232 g/mol. The Kier molecular flexibility index (Phi) is 4.21. The molecule has 0 aromatic carbocycles. The van der Waals surface area contributed by atoms with Crippen LogP contribution in [0.4, 0.5) is 0 Å². The van der Waals surface area contributed by atoms with Crippen LogP contribution >= 0.6 is 11.3 Å². The lowest BCUT2D eigenvalue weighted by Crippen LogP contribution is -2.23. The Morgan fingerprint density at radius 3 is 2.59 bits per heavy atom. The number of carbonyl (C=O) groups is 1.